The smallest absolute Gasteiger partial charge is 0.273 e. The summed E-state index contributed by atoms with van der Waals surface area (Å²) in [6.07, 6.45) is 0. The Kier molecular flexibility index (Phi) is 3.98. The van der Waals surface area contributed by atoms with E-state index < -0.39 is 4.92 Å². The number of nitrogens with zero attached hydrogens (tertiary/aromatic N) is 1. The van der Waals surface area contributed by atoms with E-state index >= 15 is 0 Å². The number of anilines is 3. The van der Waals surface area contributed by atoms with Crippen LogP contribution in [0.15, 0.2) is 46.9 Å². The molecule has 2 aromatic carbocycles. The van der Waals surface area contributed by atoms with Crippen molar-refractivity contribution in [1.29, 1.82) is 0 Å². The SMILES string of the molecule is NNc1cc(Nc2ccc(Br)cc2)cc([N+](=O)[O-])c1. The van der Waals surface area contributed by atoms with E-state index in [1.807, 2.05) is 24.3 Å². The second-order valence-corrected chi connectivity index (χ2v) is 4.72. The van der Waals surface area contributed by atoms with Gasteiger partial charge < -0.3 is 10.7 Å². The zero-order valence-corrected chi connectivity index (χ0v) is 11.3. The van der Waals surface area contributed by atoms with Gasteiger partial charge in [-0.3, -0.25) is 16.0 Å². The van der Waals surface area contributed by atoms with E-state index in [0.29, 0.717) is 11.4 Å². The van der Waals surface area contributed by atoms with Gasteiger partial charge in [-0.2, -0.15) is 0 Å². The average molecular weight is 323 g/mol. The van der Waals surface area contributed by atoms with Crippen LogP contribution < -0.4 is 16.6 Å². The second-order valence-electron chi connectivity index (χ2n) is 3.80. The first kappa shape index (κ1) is 13.3. The molecule has 0 saturated heterocycles. The summed E-state index contributed by atoms with van der Waals surface area (Å²) in [6.45, 7) is 0. The Balaban J connectivity index is 2.31. The third kappa shape index (κ3) is 3.43. The summed E-state index contributed by atoms with van der Waals surface area (Å²) in [5.74, 6) is 5.29. The summed E-state index contributed by atoms with van der Waals surface area (Å²) in [6, 6.07) is 12.0. The number of hydrogen-bond acceptors (Lipinski definition) is 5. The van der Waals surface area contributed by atoms with E-state index in [1.54, 1.807) is 6.07 Å². The van der Waals surface area contributed by atoms with Gasteiger partial charge in [-0.1, -0.05) is 15.9 Å². The van der Waals surface area contributed by atoms with Crippen LogP contribution in [0.1, 0.15) is 0 Å². The first-order chi connectivity index (χ1) is 9.08. The molecule has 2 aromatic rings. The predicted octanol–water partition coefficient (Wildman–Crippen LogP) is 3.39. The number of halogens is 1. The number of non-ortho nitro benzene ring substituents is 1. The standard InChI is InChI=1S/C12H11BrN4O2/c13-8-1-3-9(4-2-8)15-10-5-11(16-14)7-12(6-10)17(18)19/h1-7,15-16H,14H2. The molecule has 0 heterocycles. The number of rotatable bonds is 4. The Morgan fingerprint density at radius 1 is 1.05 bits per heavy atom. The molecular formula is C12H11BrN4O2. The number of hydrogen-bond donors (Lipinski definition) is 3. The maximum Gasteiger partial charge on any atom is 0.273 e. The Morgan fingerprint density at radius 2 is 1.68 bits per heavy atom. The summed E-state index contributed by atoms with van der Waals surface area (Å²) in [4.78, 5) is 10.4. The van der Waals surface area contributed by atoms with E-state index in [0.717, 1.165) is 10.2 Å². The highest BCUT2D eigenvalue weighted by Gasteiger charge is 2.09. The van der Waals surface area contributed by atoms with Crippen molar-refractivity contribution in [2.75, 3.05) is 10.7 Å². The zero-order valence-electron chi connectivity index (χ0n) is 9.76. The van der Waals surface area contributed by atoms with Crippen LogP contribution in [-0.4, -0.2) is 4.92 Å². The number of nitrogens with two attached hydrogens (primary N) is 1. The van der Waals surface area contributed by atoms with Crippen molar-refractivity contribution in [2.24, 2.45) is 5.84 Å². The van der Waals surface area contributed by atoms with Crippen molar-refractivity contribution in [2.45, 2.75) is 0 Å². The molecule has 0 radical (unpaired) electrons. The lowest BCUT2D eigenvalue weighted by Gasteiger charge is -2.08. The molecule has 0 aliphatic carbocycles. The fourth-order valence-corrected chi connectivity index (χ4v) is 1.84. The summed E-state index contributed by atoms with van der Waals surface area (Å²) in [5, 5.41) is 13.9. The molecule has 19 heavy (non-hydrogen) atoms. The maximum atomic E-state index is 10.8. The van der Waals surface area contributed by atoms with Gasteiger partial charge in [0.1, 0.15) is 0 Å². The molecule has 6 nitrogen and oxygen atoms in total. The summed E-state index contributed by atoms with van der Waals surface area (Å²) in [5.41, 5.74) is 4.25. The van der Waals surface area contributed by atoms with E-state index in [9.17, 15) is 10.1 Å². The third-order valence-corrected chi connectivity index (χ3v) is 2.96. The molecule has 0 amide bonds. The minimum Gasteiger partial charge on any atom is -0.355 e. The van der Waals surface area contributed by atoms with Gasteiger partial charge in [0.15, 0.2) is 0 Å². The first-order valence-electron chi connectivity index (χ1n) is 5.37. The molecule has 0 aliphatic heterocycles. The van der Waals surface area contributed by atoms with E-state index in [1.165, 1.54) is 12.1 Å². The molecule has 0 spiro atoms. The normalized spacial score (nSPS) is 10.0. The molecular weight excluding hydrogens is 312 g/mol. The van der Waals surface area contributed by atoms with Crippen molar-refractivity contribution in [3.8, 4) is 0 Å². The molecule has 0 bridgehead atoms. The lowest BCUT2D eigenvalue weighted by atomic mass is 10.2. The third-order valence-electron chi connectivity index (χ3n) is 2.43. The van der Waals surface area contributed by atoms with E-state index in [-0.39, 0.29) is 5.69 Å². The number of nitrogen functional groups attached to an aromatic ring is 1. The summed E-state index contributed by atoms with van der Waals surface area (Å²) >= 11 is 3.34. The van der Waals surface area contributed by atoms with Gasteiger partial charge in [-0.25, -0.2) is 0 Å². The zero-order chi connectivity index (χ0) is 13.8. The van der Waals surface area contributed by atoms with Crippen molar-refractivity contribution < 1.29 is 4.92 Å². The molecule has 0 saturated carbocycles. The Bertz CT molecular complexity index is 601. The van der Waals surface area contributed by atoms with Crippen LogP contribution in [-0.2, 0) is 0 Å². The molecule has 0 atom stereocenters. The number of nitro groups is 1. The predicted molar refractivity (Wildman–Crippen MR) is 78.3 cm³/mol. The summed E-state index contributed by atoms with van der Waals surface area (Å²) < 4.78 is 0.960. The number of benzene rings is 2. The van der Waals surface area contributed by atoms with Gasteiger partial charge in [-0.05, 0) is 30.3 Å². The largest absolute Gasteiger partial charge is 0.355 e. The van der Waals surface area contributed by atoms with Gasteiger partial charge in [0, 0.05) is 28.0 Å². The number of nitrogens with one attached hydrogen (secondary N) is 2. The van der Waals surface area contributed by atoms with Crippen LogP contribution in [0.3, 0.4) is 0 Å². The quantitative estimate of drug-likeness (QED) is 0.455. The van der Waals surface area contributed by atoms with Crippen molar-refractivity contribution in [1.82, 2.24) is 0 Å². The number of nitro benzene ring substituents is 1. The van der Waals surface area contributed by atoms with Gasteiger partial charge in [-0.15, -0.1) is 0 Å². The fourth-order valence-electron chi connectivity index (χ4n) is 1.57. The topological polar surface area (TPSA) is 93.2 Å². The highest BCUT2D eigenvalue weighted by atomic mass is 79.9. The highest BCUT2D eigenvalue weighted by molar-refractivity contribution is 9.10. The molecule has 2 rings (SSSR count). The van der Waals surface area contributed by atoms with Crippen LogP contribution in [0.25, 0.3) is 0 Å². The van der Waals surface area contributed by atoms with Crippen molar-refractivity contribution >= 4 is 38.7 Å². The van der Waals surface area contributed by atoms with Crippen molar-refractivity contribution in [3.05, 3.63) is 57.1 Å². The molecule has 0 aliphatic rings. The lowest BCUT2D eigenvalue weighted by Crippen LogP contribution is -2.07. The maximum absolute atomic E-state index is 10.8. The van der Waals surface area contributed by atoms with Crippen LogP contribution >= 0.6 is 15.9 Å². The van der Waals surface area contributed by atoms with Crippen LogP contribution in [0, 0.1) is 10.1 Å². The highest BCUT2D eigenvalue weighted by Crippen LogP contribution is 2.26. The minimum absolute atomic E-state index is 0.0324. The van der Waals surface area contributed by atoms with Crippen molar-refractivity contribution in [3.63, 3.8) is 0 Å². The van der Waals surface area contributed by atoms with E-state index in [2.05, 4.69) is 26.7 Å². The van der Waals surface area contributed by atoms with Crippen LogP contribution in [0.5, 0.6) is 0 Å². The van der Waals surface area contributed by atoms with Gasteiger partial charge in [0.2, 0.25) is 0 Å². The average Bonchev–Trinajstić information content (AvgIpc) is 2.41. The second kappa shape index (κ2) is 5.68. The lowest BCUT2D eigenvalue weighted by molar-refractivity contribution is -0.384. The number of hydrazine groups is 1. The first-order valence-corrected chi connectivity index (χ1v) is 6.16. The minimum atomic E-state index is -0.465. The molecule has 7 heteroatoms. The molecule has 0 fully saturated rings. The Labute approximate surface area is 117 Å². The van der Waals surface area contributed by atoms with Crippen LogP contribution in [0.2, 0.25) is 0 Å². The Hall–Kier alpha value is -2.12. The van der Waals surface area contributed by atoms with Crippen LogP contribution in [0.4, 0.5) is 22.7 Å². The van der Waals surface area contributed by atoms with Gasteiger partial charge in [0.25, 0.3) is 5.69 Å². The molecule has 4 N–H and O–H groups in total. The van der Waals surface area contributed by atoms with Gasteiger partial charge >= 0.3 is 0 Å². The van der Waals surface area contributed by atoms with E-state index in [4.69, 9.17) is 5.84 Å². The summed E-state index contributed by atoms with van der Waals surface area (Å²) in [7, 11) is 0. The fraction of sp³-hybridized carbons (Fsp3) is 0. The molecule has 0 unspecified atom stereocenters. The molecule has 98 valence electrons. The monoisotopic (exact) mass is 322 g/mol. The molecule has 0 aromatic heterocycles. The Morgan fingerprint density at radius 3 is 2.26 bits per heavy atom. The van der Waals surface area contributed by atoms with Gasteiger partial charge in [0.05, 0.1) is 10.6 Å².